The van der Waals surface area contributed by atoms with Crippen LogP contribution in [0.1, 0.15) is 22.3 Å². The second-order valence-corrected chi connectivity index (χ2v) is 15.3. The molecule has 11 rings (SSSR count). The lowest BCUT2D eigenvalue weighted by atomic mass is 9.67. The summed E-state index contributed by atoms with van der Waals surface area (Å²) in [7, 11) is 0. The minimum absolute atomic E-state index is 0.491. The molecule has 0 amide bonds. The lowest BCUT2D eigenvalue weighted by Gasteiger charge is -2.35. The molecule has 10 aromatic carbocycles. The molecule has 0 saturated carbocycles. The van der Waals surface area contributed by atoms with E-state index in [9.17, 15) is 0 Å². The Bertz CT molecular complexity index is 3050. The van der Waals surface area contributed by atoms with Gasteiger partial charge in [0, 0.05) is 17.1 Å². The molecule has 0 unspecified atom stereocenters. The van der Waals surface area contributed by atoms with Gasteiger partial charge < -0.3 is 4.90 Å². The number of nitrogens with zero attached hydrogens (tertiary/aromatic N) is 1. The highest BCUT2D eigenvalue weighted by Crippen LogP contribution is 2.57. The average Bonchev–Trinajstić information content (AvgIpc) is 3.60. The van der Waals surface area contributed by atoms with E-state index in [0.717, 1.165) is 17.1 Å². The molecule has 0 saturated heterocycles. The molecule has 272 valence electrons. The van der Waals surface area contributed by atoms with Crippen LogP contribution in [0.2, 0.25) is 0 Å². The highest BCUT2D eigenvalue weighted by atomic mass is 15.1. The molecule has 1 aliphatic rings. The minimum Gasteiger partial charge on any atom is -0.310 e. The Hall–Kier alpha value is -7.48. The number of benzene rings is 10. The summed E-state index contributed by atoms with van der Waals surface area (Å²) in [5.74, 6) is 0. The third kappa shape index (κ3) is 5.47. The Morgan fingerprint density at radius 1 is 0.276 bits per heavy atom. The first-order chi connectivity index (χ1) is 28.8. The maximum atomic E-state index is 2.45. The van der Waals surface area contributed by atoms with Gasteiger partial charge in [-0.3, -0.25) is 0 Å². The minimum atomic E-state index is -0.491. The van der Waals surface area contributed by atoms with Crippen LogP contribution in [0, 0.1) is 0 Å². The van der Waals surface area contributed by atoms with Crippen molar-refractivity contribution in [2.75, 3.05) is 4.90 Å². The Morgan fingerprint density at radius 2 is 0.793 bits per heavy atom. The van der Waals surface area contributed by atoms with Crippen molar-refractivity contribution in [2.45, 2.75) is 5.41 Å². The van der Waals surface area contributed by atoms with E-state index in [1.807, 2.05) is 0 Å². The van der Waals surface area contributed by atoms with Crippen molar-refractivity contribution in [3.63, 3.8) is 0 Å². The number of anilines is 3. The summed E-state index contributed by atoms with van der Waals surface area (Å²) >= 11 is 0. The molecule has 58 heavy (non-hydrogen) atoms. The first-order valence-electron chi connectivity index (χ1n) is 20.1. The van der Waals surface area contributed by atoms with Crippen molar-refractivity contribution in [1.29, 1.82) is 0 Å². The van der Waals surface area contributed by atoms with E-state index < -0.39 is 5.41 Å². The van der Waals surface area contributed by atoms with E-state index >= 15 is 0 Å². The Balaban J connectivity index is 1.10. The first kappa shape index (κ1) is 33.8. The predicted octanol–water partition coefficient (Wildman–Crippen LogP) is 15.2. The molecule has 0 atom stereocenters. The van der Waals surface area contributed by atoms with E-state index in [-0.39, 0.29) is 0 Å². The lowest BCUT2D eigenvalue weighted by Crippen LogP contribution is -2.28. The van der Waals surface area contributed by atoms with Crippen molar-refractivity contribution < 1.29 is 0 Å². The molecule has 0 aromatic heterocycles. The first-order valence-corrected chi connectivity index (χ1v) is 20.1. The summed E-state index contributed by atoms with van der Waals surface area (Å²) in [6, 6.07) is 86.8. The highest BCUT2D eigenvalue weighted by molar-refractivity contribution is 6.00. The molecule has 0 N–H and O–H groups in total. The van der Waals surface area contributed by atoms with Crippen LogP contribution in [0.15, 0.2) is 237 Å². The molecular weight excluding hydrogens is 699 g/mol. The van der Waals surface area contributed by atoms with Crippen LogP contribution in [0.3, 0.4) is 0 Å². The average molecular weight is 738 g/mol. The van der Waals surface area contributed by atoms with Crippen LogP contribution in [0.4, 0.5) is 17.1 Å². The van der Waals surface area contributed by atoms with Gasteiger partial charge in [0.2, 0.25) is 0 Å². The normalized spacial score (nSPS) is 12.6. The SMILES string of the molecule is c1ccc(-c2ccc(N(c3ccc4c(c3)C(c3ccccc3)(c3ccccc3)c3ccccc3-4)c3ccc4cc(-c5cccc6ccccc56)ccc4c3)cc2)cc1. The van der Waals surface area contributed by atoms with Gasteiger partial charge in [0.25, 0.3) is 0 Å². The van der Waals surface area contributed by atoms with Crippen molar-refractivity contribution in [3.8, 4) is 33.4 Å². The van der Waals surface area contributed by atoms with Gasteiger partial charge in [-0.05, 0) is 120 Å². The summed E-state index contributed by atoms with van der Waals surface area (Å²) in [6.07, 6.45) is 0. The maximum absolute atomic E-state index is 2.45. The van der Waals surface area contributed by atoms with E-state index in [2.05, 4.69) is 241 Å². The molecule has 0 aliphatic heterocycles. The van der Waals surface area contributed by atoms with E-state index in [1.165, 1.54) is 77.2 Å². The van der Waals surface area contributed by atoms with Crippen molar-refractivity contribution in [2.24, 2.45) is 0 Å². The fraction of sp³-hybridized carbons (Fsp3) is 0.0175. The third-order valence-electron chi connectivity index (χ3n) is 12.1. The summed E-state index contributed by atoms with van der Waals surface area (Å²) in [5, 5.41) is 4.94. The molecule has 0 bridgehead atoms. The quantitative estimate of drug-likeness (QED) is 0.157. The summed E-state index contributed by atoms with van der Waals surface area (Å²) in [5.41, 5.74) is 15.4. The van der Waals surface area contributed by atoms with E-state index in [4.69, 9.17) is 0 Å². The molecule has 10 aromatic rings. The lowest BCUT2D eigenvalue weighted by molar-refractivity contribution is 0.768. The van der Waals surface area contributed by atoms with Gasteiger partial charge in [0.1, 0.15) is 0 Å². The van der Waals surface area contributed by atoms with Crippen molar-refractivity contribution in [1.82, 2.24) is 0 Å². The van der Waals surface area contributed by atoms with E-state index in [0.29, 0.717) is 0 Å². The van der Waals surface area contributed by atoms with Gasteiger partial charge in [-0.15, -0.1) is 0 Å². The second kappa shape index (κ2) is 13.9. The van der Waals surface area contributed by atoms with Gasteiger partial charge in [0.15, 0.2) is 0 Å². The molecule has 0 spiro atoms. The second-order valence-electron chi connectivity index (χ2n) is 15.3. The van der Waals surface area contributed by atoms with Crippen LogP contribution in [0.25, 0.3) is 54.9 Å². The van der Waals surface area contributed by atoms with E-state index in [1.54, 1.807) is 0 Å². The number of rotatable bonds is 7. The largest absolute Gasteiger partial charge is 0.310 e. The zero-order valence-electron chi connectivity index (χ0n) is 32.0. The number of hydrogen-bond donors (Lipinski definition) is 0. The van der Waals surface area contributed by atoms with Gasteiger partial charge >= 0.3 is 0 Å². The topological polar surface area (TPSA) is 3.24 Å². The van der Waals surface area contributed by atoms with Crippen LogP contribution >= 0.6 is 0 Å². The highest BCUT2D eigenvalue weighted by Gasteiger charge is 2.46. The standard InChI is InChI=1S/C57H39N/c1-4-15-40(16-5-1)41-29-32-48(33-30-41)58(49-34-31-43-37-45(28-27-44(43)38-49)52-25-14-18-42-17-10-11-23-51(42)52)50-35-36-54-53-24-12-13-26-55(53)57(56(54)39-50,46-19-6-2-7-20-46)47-21-8-3-9-22-47/h1-39H. The molecule has 0 radical (unpaired) electrons. The summed E-state index contributed by atoms with van der Waals surface area (Å²) in [6.45, 7) is 0. The summed E-state index contributed by atoms with van der Waals surface area (Å²) in [4.78, 5) is 2.43. The van der Waals surface area contributed by atoms with Gasteiger partial charge in [-0.1, -0.05) is 194 Å². The van der Waals surface area contributed by atoms with Crippen LogP contribution < -0.4 is 4.90 Å². The molecule has 1 nitrogen and oxygen atoms in total. The van der Waals surface area contributed by atoms with Crippen LogP contribution in [0.5, 0.6) is 0 Å². The Morgan fingerprint density at radius 3 is 1.57 bits per heavy atom. The van der Waals surface area contributed by atoms with Crippen LogP contribution in [-0.4, -0.2) is 0 Å². The Labute approximate surface area is 339 Å². The number of hydrogen-bond acceptors (Lipinski definition) is 1. The maximum Gasteiger partial charge on any atom is 0.0714 e. The zero-order chi connectivity index (χ0) is 38.5. The fourth-order valence-corrected chi connectivity index (χ4v) is 9.47. The van der Waals surface area contributed by atoms with Crippen molar-refractivity contribution >= 4 is 38.6 Å². The number of fused-ring (bicyclic) bond motifs is 5. The molecule has 0 fully saturated rings. The smallest absolute Gasteiger partial charge is 0.0714 e. The van der Waals surface area contributed by atoms with Gasteiger partial charge in [0.05, 0.1) is 5.41 Å². The van der Waals surface area contributed by atoms with Crippen molar-refractivity contribution in [3.05, 3.63) is 259 Å². The monoisotopic (exact) mass is 737 g/mol. The van der Waals surface area contributed by atoms with Crippen LogP contribution in [-0.2, 0) is 5.41 Å². The van der Waals surface area contributed by atoms with Gasteiger partial charge in [-0.25, -0.2) is 0 Å². The molecule has 0 heterocycles. The zero-order valence-corrected chi connectivity index (χ0v) is 32.0. The molecular formula is C57H39N. The third-order valence-corrected chi connectivity index (χ3v) is 12.1. The molecule has 1 aliphatic carbocycles. The molecule has 1 heteroatoms. The predicted molar refractivity (Wildman–Crippen MR) is 244 cm³/mol. The van der Waals surface area contributed by atoms with Gasteiger partial charge in [-0.2, -0.15) is 0 Å². The Kier molecular flexibility index (Phi) is 8.12. The summed E-state index contributed by atoms with van der Waals surface area (Å²) < 4.78 is 0. The fourth-order valence-electron chi connectivity index (χ4n) is 9.47.